The first-order chi connectivity index (χ1) is 12.3. The third-order valence-corrected chi connectivity index (χ3v) is 4.05. The molecule has 0 aromatic heterocycles. The SMILES string of the molecule is CCc1ccccc1OCC(=O)NCCc1ccc2c(c1)OCCO2. The maximum absolute atomic E-state index is 12.0. The molecule has 5 heteroatoms. The van der Waals surface area contributed by atoms with Gasteiger partial charge in [-0.05, 0) is 42.2 Å². The van der Waals surface area contributed by atoms with Crippen LogP contribution in [-0.2, 0) is 17.6 Å². The largest absolute Gasteiger partial charge is 0.486 e. The van der Waals surface area contributed by atoms with Crippen LogP contribution in [0, 0.1) is 0 Å². The Morgan fingerprint density at radius 3 is 2.76 bits per heavy atom. The van der Waals surface area contributed by atoms with E-state index in [4.69, 9.17) is 14.2 Å². The van der Waals surface area contributed by atoms with E-state index in [0.29, 0.717) is 19.8 Å². The number of hydrogen-bond acceptors (Lipinski definition) is 4. The molecule has 132 valence electrons. The van der Waals surface area contributed by atoms with E-state index in [9.17, 15) is 4.79 Å². The second-order valence-electron chi connectivity index (χ2n) is 5.83. The molecule has 0 spiro atoms. The zero-order valence-electron chi connectivity index (χ0n) is 14.4. The highest BCUT2D eigenvalue weighted by atomic mass is 16.6. The second-order valence-corrected chi connectivity index (χ2v) is 5.83. The lowest BCUT2D eigenvalue weighted by atomic mass is 10.1. The topological polar surface area (TPSA) is 56.8 Å². The van der Waals surface area contributed by atoms with Gasteiger partial charge in [0, 0.05) is 6.54 Å². The van der Waals surface area contributed by atoms with Crippen molar-refractivity contribution in [2.45, 2.75) is 19.8 Å². The summed E-state index contributed by atoms with van der Waals surface area (Å²) >= 11 is 0. The molecule has 2 aromatic carbocycles. The molecule has 2 aromatic rings. The molecule has 25 heavy (non-hydrogen) atoms. The van der Waals surface area contributed by atoms with Crippen LogP contribution in [0.2, 0.25) is 0 Å². The fourth-order valence-electron chi connectivity index (χ4n) is 2.72. The van der Waals surface area contributed by atoms with Crippen LogP contribution in [0.4, 0.5) is 0 Å². The summed E-state index contributed by atoms with van der Waals surface area (Å²) in [7, 11) is 0. The van der Waals surface area contributed by atoms with E-state index in [-0.39, 0.29) is 12.5 Å². The molecule has 3 rings (SSSR count). The molecule has 0 bridgehead atoms. The predicted octanol–water partition coefficient (Wildman–Crippen LogP) is 2.76. The summed E-state index contributed by atoms with van der Waals surface area (Å²) in [6.45, 7) is 3.80. The standard InChI is InChI=1S/C20H23NO4/c1-2-16-5-3-4-6-17(16)25-14-20(22)21-10-9-15-7-8-18-19(13-15)24-12-11-23-18/h3-8,13H,2,9-12,14H2,1H3,(H,21,22). The van der Waals surface area contributed by atoms with Gasteiger partial charge in [-0.3, -0.25) is 4.79 Å². The van der Waals surface area contributed by atoms with Crippen molar-refractivity contribution in [1.82, 2.24) is 5.32 Å². The maximum Gasteiger partial charge on any atom is 0.257 e. The highest BCUT2D eigenvalue weighted by Gasteiger charge is 2.12. The number of nitrogens with one attached hydrogen (secondary N) is 1. The predicted molar refractivity (Wildman–Crippen MR) is 95.5 cm³/mol. The van der Waals surface area contributed by atoms with Crippen molar-refractivity contribution in [3.63, 3.8) is 0 Å². The van der Waals surface area contributed by atoms with Gasteiger partial charge in [-0.1, -0.05) is 31.2 Å². The van der Waals surface area contributed by atoms with Crippen LogP contribution < -0.4 is 19.5 Å². The molecule has 0 unspecified atom stereocenters. The summed E-state index contributed by atoms with van der Waals surface area (Å²) in [6, 6.07) is 13.7. The first-order valence-corrected chi connectivity index (χ1v) is 8.62. The summed E-state index contributed by atoms with van der Waals surface area (Å²) in [6.07, 6.45) is 1.61. The quantitative estimate of drug-likeness (QED) is 0.841. The molecule has 0 atom stereocenters. The van der Waals surface area contributed by atoms with Crippen LogP contribution in [0.15, 0.2) is 42.5 Å². The molecule has 0 radical (unpaired) electrons. The summed E-state index contributed by atoms with van der Waals surface area (Å²) in [4.78, 5) is 12.0. The average Bonchev–Trinajstić information content (AvgIpc) is 2.66. The fraction of sp³-hybridized carbons (Fsp3) is 0.350. The Bertz CT molecular complexity index is 729. The van der Waals surface area contributed by atoms with Gasteiger partial charge in [-0.25, -0.2) is 0 Å². The third-order valence-electron chi connectivity index (χ3n) is 4.05. The van der Waals surface area contributed by atoms with E-state index in [1.807, 2.05) is 42.5 Å². The Morgan fingerprint density at radius 2 is 1.92 bits per heavy atom. The van der Waals surface area contributed by atoms with Crippen molar-refractivity contribution in [2.24, 2.45) is 0 Å². The minimum atomic E-state index is -0.122. The molecule has 0 aliphatic carbocycles. The van der Waals surface area contributed by atoms with Crippen molar-refractivity contribution in [3.05, 3.63) is 53.6 Å². The number of carbonyl (C=O) groups excluding carboxylic acids is 1. The number of fused-ring (bicyclic) bond motifs is 1. The third kappa shape index (κ3) is 4.66. The van der Waals surface area contributed by atoms with Gasteiger partial charge in [0.1, 0.15) is 19.0 Å². The van der Waals surface area contributed by atoms with Gasteiger partial charge < -0.3 is 19.5 Å². The Morgan fingerprint density at radius 1 is 1.12 bits per heavy atom. The molecule has 1 N–H and O–H groups in total. The number of benzene rings is 2. The van der Waals surface area contributed by atoms with Crippen LogP contribution in [-0.4, -0.2) is 32.3 Å². The maximum atomic E-state index is 12.0. The lowest BCUT2D eigenvalue weighted by Gasteiger charge is -2.18. The van der Waals surface area contributed by atoms with Gasteiger partial charge >= 0.3 is 0 Å². The van der Waals surface area contributed by atoms with Crippen LogP contribution in [0.1, 0.15) is 18.1 Å². The van der Waals surface area contributed by atoms with Crippen LogP contribution in [0.3, 0.4) is 0 Å². The number of hydrogen-bond donors (Lipinski definition) is 1. The fourth-order valence-corrected chi connectivity index (χ4v) is 2.72. The van der Waals surface area contributed by atoms with Gasteiger partial charge in [0.15, 0.2) is 18.1 Å². The monoisotopic (exact) mass is 341 g/mol. The molecule has 5 nitrogen and oxygen atoms in total. The summed E-state index contributed by atoms with van der Waals surface area (Å²) in [5, 5.41) is 2.88. The van der Waals surface area contributed by atoms with Gasteiger partial charge in [0.05, 0.1) is 0 Å². The van der Waals surface area contributed by atoms with Gasteiger partial charge in [0.2, 0.25) is 0 Å². The smallest absolute Gasteiger partial charge is 0.257 e. The van der Waals surface area contributed by atoms with Gasteiger partial charge in [-0.2, -0.15) is 0 Å². The first kappa shape index (κ1) is 17.1. The number of amides is 1. The zero-order valence-corrected chi connectivity index (χ0v) is 14.4. The highest BCUT2D eigenvalue weighted by molar-refractivity contribution is 5.77. The Kier molecular flexibility index (Phi) is 5.77. The number of para-hydroxylation sites is 1. The Labute approximate surface area is 147 Å². The molecular weight excluding hydrogens is 318 g/mol. The van der Waals surface area contributed by atoms with Crippen molar-refractivity contribution in [3.8, 4) is 17.2 Å². The number of ether oxygens (including phenoxy) is 3. The van der Waals surface area contributed by atoms with E-state index < -0.39 is 0 Å². The van der Waals surface area contributed by atoms with Gasteiger partial charge in [-0.15, -0.1) is 0 Å². The number of carbonyl (C=O) groups is 1. The van der Waals surface area contributed by atoms with E-state index >= 15 is 0 Å². The lowest BCUT2D eigenvalue weighted by molar-refractivity contribution is -0.123. The molecule has 1 aliphatic heterocycles. The highest BCUT2D eigenvalue weighted by Crippen LogP contribution is 2.30. The van der Waals surface area contributed by atoms with E-state index in [0.717, 1.165) is 41.2 Å². The molecule has 1 amide bonds. The number of aryl methyl sites for hydroxylation is 1. The van der Waals surface area contributed by atoms with Crippen LogP contribution in [0.5, 0.6) is 17.2 Å². The number of rotatable bonds is 7. The van der Waals surface area contributed by atoms with E-state index in [1.54, 1.807) is 0 Å². The molecule has 0 saturated heterocycles. The van der Waals surface area contributed by atoms with E-state index in [2.05, 4.69) is 12.2 Å². The Balaban J connectivity index is 1.43. The van der Waals surface area contributed by atoms with Crippen LogP contribution in [0.25, 0.3) is 0 Å². The zero-order chi connectivity index (χ0) is 17.5. The molecular formula is C20H23NO4. The van der Waals surface area contributed by atoms with Crippen LogP contribution >= 0.6 is 0 Å². The molecule has 0 fully saturated rings. The minimum Gasteiger partial charge on any atom is -0.486 e. The van der Waals surface area contributed by atoms with Crippen molar-refractivity contribution >= 4 is 5.91 Å². The van der Waals surface area contributed by atoms with Crippen molar-refractivity contribution < 1.29 is 19.0 Å². The van der Waals surface area contributed by atoms with Crippen molar-refractivity contribution in [2.75, 3.05) is 26.4 Å². The summed E-state index contributed by atoms with van der Waals surface area (Å²) < 4.78 is 16.7. The summed E-state index contributed by atoms with van der Waals surface area (Å²) in [5.41, 5.74) is 2.20. The van der Waals surface area contributed by atoms with Gasteiger partial charge in [0.25, 0.3) is 5.91 Å². The first-order valence-electron chi connectivity index (χ1n) is 8.62. The molecule has 1 heterocycles. The summed E-state index contributed by atoms with van der Waals surface area (Å²) in [5.74, 6) is 2.20. The normalized spacial score (nSPS) is 12.5. The lowest BCUT2D eigenvalue weighted by Crippen LogP contribution is -2.30. The van der Waals surface area contributed by atoms with Crippen molar-refractivity contribution in [1.29, 1.82) is 0 Å². The molecule has 1 aliphatic rings. The minimum absolute atomic E-state index is 0.0259. The molecule has 0 saturated carbocycles. The average molecular weight is 341 g/mol. The second kappa shape index (κ2) is 8.42. The Hall–Kier alpha value is -2.69. The van der Waals surface area contributed by atoms with E-state index in [1.165, 1.54) is 0 Å².